The lowest BCUT2D eigenvalue weighted by atomic mass is 10.0. The highest BCUT2D eigenvalue weighted by Gasteiger charge is 2.34. The number of nitrogens with one attached hydrogen (secondary N) is 1. The maximum absolute atomic E-state index is 13.3. The lowest BCUT2D eigenvalue weighted by Crippen LogP contribution is -2.52. The number of carboxylic acids is 1. The number of piperidine rings is 2. The molecule has 3 atom stereocenters. The minimum absolute atomic E-state index is 0.142. The fourth-order valence-electron chi connectivity index (χ4n) is 7.10. The minimum Gasteiger partial charge on any atom is -0.480 e. The van der Waals surface area contributed by atoms with Crippen LogP contribution in [0.1, 0.15) is 50.5 Å². The Morgan fingerprint density at radius 3 is 1.94 bits per heavy atom. The number of hydrogen-bond acceptors (Lipinski definition) is 9. The van der Waals surface area contributed by atoms with Gasteiger partial charge in [0.2, 0.25) is 5.91 Å². The van der Waals surface area contributed by atoms with Gasteiger partial charge in [0.25, 0.3) is 0 Å². The monoisotopic (exact) mass is 750 g/mol. The van der Waals surface area contributed by atoms with E-state index in [1.165, 1.54) is 16.9 Å². The number of rotatable bonds is 7. The highest BCUT2D eigenvalue weighted by Crippen LogP contribution is 2.35. The maximum Gasteiger partial charge on any atom is 0.326 e. The van der Waals surface area contributed by atoms with Gasteiger partial charge in [0.05, 0.1) is 20.4 Å². The van der Waals surface area contributed by atoms with Crippen LogP contribution < -0.4 is 15.1 Å². The number of fused-ring (bicyclic) bond motifs is 2. The number of thiazole rings is 2. The predicted octanol–water partition coefficient (Wildman–Crippen LogP) is 8.09. The molecule has 50 heavy (non-hydrogen) atoms. The molecule has 9 nitrogen and oxygen atoms in total. The Hall–Kier alpha value is -3.48. The van der Waals surface area contributed by atoms with Gasteiger partial charge in [-0.15, -0.1) is 0 Å². The number of amides is 1. The molecule has 1 amide bonds. The molecule has 0 spiro atoms. The van der Waals surface area contributed by atoms with Crippen LogP contribution in [0.25, 0.3) is 20.4 Å². The molecule has 2 unspecified atom stereocenters. The Kier molecular flexibility index (Phi) is 11.1. The van der Waals surface area contributed by atoms with Crippen molar-refractivity contribution in [3.63, 3.8) is 0 Å². The number of likely N-dealkylation sites (tertiary alicyclic amines) is 1. The molecule has 3 saturated heterocycles. The largest absolute Gasteiger partial charge is 0.480 e. The van der Waals surface area contributed by atoms with E-state index in [2.05, 4.69) is 44.4 Å². The van der Waals surface area contributed by atoms with E-state index >= 15 is 0 Å². The fraction of sp³-hybridized carbons (Fsp3) is 0.405. The molecule has 2 aromatic heterocycles. The van der Waals surface area contributed by atoms with Crippen LogP contribution in [0, 0.1) is 0 Å². The quantitative estimate of drug-likeness (QED) is 0.172. The van der Waals surface area contributed by atoms with Gasteiger partial charge in [-0.3, -0.25) is 9.69 Å². The molecule has 0 radical (unpaired) electrons. The van der Waals surface area contributed by atoms with Gasteiger partial charge in [0.15, 0.2) is 10.3 Å². The number of hydrogen-bond donors (Lipinski definition) is 2. The number of nitrogens with zero attached hydrogens (tertiary/aromatic N) is 5. The third-order valence-corrected chi connectivity index (χ3v) is 12.2. The van der Waals surface area contributed by atoms with E-state index in [1.54, 1.807) is 17.4 Å². The fourth-order valence-corrected chi connectivity index (χ4v) is 9.74. The van der Waals surface area contributed by atoms with E-state index in [9.17, 15) is 14.7 Å². The van der Waals surface area contributed by atoms with Crippen molar-refractivity contribution in [1.29, 1.82) is 0 Å². The Morgan fingerprint density at radius 1 is 0.760 bits per heavy atom. The summed E-state index contributed by atoms with van der Waals surface area (Å²) < 4.78 is 2.07. The zero-order valence-electron chi connectivity index (χ0n) is 27.6. The molecule has 0 saturated carbocycles. The van der Waals surface area contributed by atoms with Gasteiger partial charge < -0.3 is 20.2 Å². The minimum atomic E-state index is -0.767. The lowest BCUT2D eigenvalue weighted by molar-refractivity contribution is -0.139. The predicted molar refractivity (Wildman–Crippen MR) is 205 cm³/mol. The summed E-state index contributed by atoms with van der Waals surface area (Å²) in [4.78, 5) is 40.4. The highest BCUT2D eigenvalue weighted by molar-refractivity contribution is 7.22. The first-order valence-corrected chi connectivity index (χ1v) is 19.6. The summed E-state index contributed by atoms with van der Waals surface area (Å²) >= 11 is 15.2. The van der Waals surface area contributed by atoms with Crippen molar-refractivity contribution in [1.82, 2.24) is 20.2 Å². The number of benzene rings is 3. The Morgan fingerprint density at radius 2 is 1.34 bits per heavy atom. The lowest BCUT2D eigenvalue weighted by Gasteiger charge is -2.35. The van der Waals surface area contributed by atoms with Gasteiger partial charge in [0.1, 0.15) is 12.1 Å². The molecule has 8 rings (SSSR count). The van der Waals surface area contributed by atoms with Crippen LogP contribution in [0.4, 0.5) is 10.3 Å². The average molecular weight is 752 g/mol. The van der Waals surface area contributed by atoms with E-state index in [4.69, 9.17) is 28.2 Å². The Labute approximate surface area is 309 Å². The van der Waals surface area contributed by atoms with Gasteiger partial charge >= 0.3 is 5.97 Å². The van der Waals surface area contributed by atoms with Gasteiger partial charge in [-0.25, -0.2) is 14.8 Å². The number of aliphatic carboxylic acids is 1. The van der Waals surface area contributed by atoms with E-state index in [0.29, 0.717) is 11.4 Å². The molecule has 13 heteroatoms. The number of carbonyl (C=O) groups is 2. The van der Waals surface area contributed by atoms with Crippen molar-refractivity contribution in [2.45, 2.75) is 69.6 Å². The second kappa shape index (κ2) is 15.8. The third kappa shape index (κ3) is 8.18. The van der Waals surface area contributed by atoms with Crippen molar-refractivity contribution in [3.05, 3.63) is 82.3 Å². The molecular weight excluding hydrogens is 711 g/mol. The van der Waals surface area contributed by atoms with E-state index < -0.39 is 12.0 Å². The van der Waals surface area contributed by atoms with Crippen molar-refractivity contribution < 1.29 is 14.7 Å². The first-order valence-electron chi connectivity index (χ1n) is 17.3. The molecule has 5 aromatic rings. The summed E-state index contributed by atoms with van der Waals surface area (Å²) in [5.74, 6) is -0.625. The summed E-state index contributed by atoms with van der Waals surface area (Å²) in [5, 5.41) is 15.7. The molecule has 262 valence electrons. The smallest absolute Gasteiger partial charge is 0.326 e. The van der Waals surface area contributed by atoms with Crippen LogP contribution >= 0.6 is 45.9 Å². The normalized spacial score (nSPS) is 21.3. The number of aromatic nitrogens is 2. The van der Waals surface area contributed by atoms with Crippen molar-refractivity contribution >= 4 is 88.4 Å². The zero-order chi connectivity index (χ0) is 34.6. The van der Waals surface area contributed by atoms with Gasteiger partial charge in [-0.1, -0.05) is 76.2 Å². The van der Waals surface area contributed by atoms with E-state index in [-0.39, 0.29) is 18.0 Å². The third-order valence-electron chi connectivity index (χ3n) is 9.63. The summed E-state index contributed by atoms with van der Waals surface area (Å²) in [6.45, 7) is 4.50. The molecule has 3 aromatic carbocycles. The highest BCUT2D eigenvalue weighted by atomic mass is 35.5. The number of halogens is 2. The number of carboxylic acid groups (broad SMARTS) is 1. The van der Waals surface area contributed by atoms with E-state index in [1.807, 2.05) is 41.3 Å². The molecule has 2 N–H and O–H groups in total. The molecule has 5 heterocycles. The summed E-state index contributed by atoms with van der Waals surface area (Å²) in [5.41, 5.74) is 3.14. The second-order valence-corrected chi connectivity index (χ2v) is 16.1. The molecule has 3 aliphatic rings. The second-order valence-electron chi connectivity index (χ2n) is 13.2. The van der Waals surface area contributed by atoms with Gasteiger partial charge in [0, 0.05) is 48.8 Å². The van der Waals surface area contributed by atoms with Crippen LogP contribution in [-0.2, 0) is 16.1 Å². The SMILES string of the molecule is O=C(N[C@H]1CCN(Cc2ccccc2)C1)C1CCCCN1c1nc2ccc(Cl)cc2s1.O=C(O)C1CCCCN1c1nc2ccc(Cl)cc2s1. The molecular formula is C37H40Cl2N6O3S2. The van der Waals surface area contributed by atoms with Crippen molar-refractivity contribution in [2.24, 2.45) is 0 Å². The van der Waals surface area contributed by atoms with Gasteiger partial charge in [-0.05, 0) is 86.9 Å². The Balaban J connectivity index is 0.000000176. The Bertz CT molecular complexity index is 1960. The van der Waals surface area contributed by atoms with Gasteiger partial charge in [-0.2, -0.15) is 0 Å². The first kappa shape index (κ1) is 34.9. The van der Waals surface area contributed by atoms with Crippen LogP contribution in [0.3, 0.4) is 0 Å². The van der Waals surface area contributed by atoms with Crippen molar-refractivity contribution in [3.8, 4) is 0 Å². The maximum atomic E-state index is 13.3. The summed E-state index contributed by atoms with van der Waals surface area (Å²) in [6, 6.07) is 21.5. The molecule has 3 aliphatic heterocycles. The van der Waals surface area contributed by atoms with Crippen LogP contribution in [0.5, 0.6) is 0 Å². The van der Waals surface area contributed by atoms with Crippen molar-refractivity contribution in [2.75, 3.05) is 36.0 Å². The van der Waals surface area contributed by atoms with Crippen LogP contribution in [0.2, 0.25) is 10.0 Å². The molecule has 0 bridgehead atoms. The van der Waals surface area contributed by atoms with Crippen LogP contribution in [-0.4, -0.2) is 76.2 Å². The number of carbonyl (C=O) groups excluding carboxylic acids is 1. The topological polar surface area (TPSA) is 102 Å². The zero-order valence-corrected chi connectivity index (χ0v) is 30.8. The average Bonchev–Trinajstić information content (AvgIpc) is 3.87. The first-order chi connectivity index (χ1) is 24.3. The standard InChI is InChI=1S/C24H27ClN4OS.C13H13ClN2O2S/c25-18-9-10-20-22(14-18)31-24(27-20)29-12-5-4-8-21(29)23(30)26-19-11-13-28(16-19)15-17-6-2-1-3-7-17;14-8-4-5-9-11(7-8)19-13(15-9)16-6-2-1-3-10(16)12(17)18/h1-3,6-7,9-10,14,19,21H,4-5,8,11-13,15-16H2,(H,26,30);4-5,7,10H,1-3,6H2,(H,17,18)/t19-,21?;/m0./s1. The number of anilines is 2. The van der Waals surface area contributed by atoms with E-state index in [0.717, 1.165) is 107 Å². The van der Waals surface area contributed by atoms with Crippen LogP contribution in [0.15, 0.2) is 66.7 Å². The summed E-state index contributed by atoms with van der Waals surface area (Å²) in [6.07, 6.45) is 6.72. The molecule has 0 aliphatic carbocycles. The molecule has 3 fully saturated rings. The summed E-state index contributed by atoms with van der Waals surface area (Å²) in [7, 11) is 0.